The van der Waals surface area contributed by atoms with Crippen LogP contribution in [0.1, 0.15) is 25.1 Å². The summed E-state index contributed by atoms with van der Waals surface area (Å²) < 4.78 is 35.0. The van der Waals surface area contributed by atoms with Crippen molar-refractivity contribution in [1.82, 2.24) is 4.90 Å². The largest absolute Gasteiger partial charge is 1.00 e. The van der Waals surface area contributed by atoms with E-state index in [2.05, 4.69) is 0 Å². The fraction of sp³-hybridized carbons (Fsp3) is 0.462. The molecule has 0 aliphatic carbocycles. The topological polar surface area (TPSA) is 83.9 Å². The average molecular weight is 327 g/mol. The minimum atomic E-state index is -4.21. The summed E-state index contributed by atoms with van der Waals surface area (Å²) in [4.78, 5) is 13.1. The summed E-state index contributed by atoms with van der Waals surface area (Å²) in [5, 5.41) is 0. The molecule has 0 amide bonds. The Hall–Kier alpha value is -0.440. The molecule has 0 radical (unpaired) electrons. The molecule has 1 rings (SSSR count). The van der Waals surface area contributed by atoms with Crippen molar-refractivity contribution in [3.8, 4) is 0 Å². The third-order valence-corrected chi connectivity index (χ3v) is 2.69. The quantitative estimate of drug-likeness (QED) is 0.425. The summed E-state index contributed by atoms with van der Waals surface area (Å²) in [6.45, 7) is 2.19. The van der Waals surface area contributed by atoms with E-state index in [1.54, 1.807) is 0 Å². The fourth-order valence-corrected chi connectivity index (χ4v) is 1.52. The first-order valence-corrected chi connectivity index (χ1v) is 7.48. The van der Waals surface area contributed by atoms with Crippen LogP contribution in [0.3, 0.4) is 0 Å². The molecule has 6 nitrogen and oxygen atoms in total. The molecular weight excluding hydrogens is 305 g/mol. The van der Waals surface area contributed by atoms with E-state index >= 15 is 0 Å². The average Bonchev–Trinajstić information content (AvgIpc) is 2.34. The Labute approximate surface area is 150 Å². The molecule has 0 aliphatic heterocycles. The SMILES string of the molecule is CCCOC(=O)c1ccc(S(=O)(=O)O)cc1.CN(C)C.[H-].[Na+]. The van der Waals surface area contributed by atoms with Crippen LogP contribution in [0.25, 0.3) is 0 Å². The Morgan fingerprint density at radius 2 is 1.67 bits per heavy atom. The third kappa shape index (κ3) is 10.9. The van der Waals surface area contributed by atoms with Crippen LogP contribution in [0.2, 0.25) is 0 Å². The van der Waals surface area contributed by atoms with E-state index in [0.717, 1.165) is 18.6 Å². The first-order valence-electron chi connectivity index (χ1n) is 6.04. The van der Waals surface area contributed by atoms with Gasteiger partial charge in [0.25, 0.3) is 10.1 Å². The van der Waals surface area contributed by atoms with Crippen LogP contribution in [0.5, 0.6) is 0 Å². The second-order valence-electron chi connectivity index (χ2n) is 4.48. The van der Waals surface area contributed by atoms with E-state index < -0.39 is 16.1 Å². The Bertz CT molecular complexity index is 517. The van der Waals surface area contributed by atoms with Gasteiger partial charge < -0.3 is 11.1 Å². The van der Waals surface area contributed by atoms with Gasteiger partial charge in [-0.3, -0.25) is 4.55 Å². The van der Waals surface area contributed by atoms with Crippen molar-refractivity contribution < 1.29 is 53.5 Å². The summed E-state index contributed by atoms with van der Waals surface area (Å²) in [5.74, 6) is -0.510. The first kappa shape index (κ1) is 22.8. The van der Waals surface area contributed by atoms with Crippen LogP contribution in [-0.2, 0) is 14.9 Å². The Morgan fingerprint density at radius 1 is 1.24 bits per heavy atom. The van der Waals surface area contributed by atoms with Gasteiger partial charge in [-0.1, -0.05) is 6.92 Å². The number of benzene rings is 1. The van der Waals surface area contributed by atoms with Gasteiger partial charge in [0.2, 0.25) is 0 Å². The number of carbonyl (C=O) groups excluding carboxylic acids is 1. The summed E-state index contributed by atoms with van der Waals surface area (Å²) in [7, 11) is 1.79. The molecule has 0 bridgehead atoms. The van der Waals surface area contributed by atoms with Crippen molar-refractivity contribution in [2.75, 3.05) is 27.7 Å². The van der Waals surface area contributed by atoms with Crippen LogP contribution in [0.15, 0.2) is 29.2 Å². The van der Waals surface area contributed by atoms with Crippen LogP contribution in [0, 0.1) is 0 Å². The van der Waals surface area contributed by atoms with Gasteiger partial charge >= 0.3 is 35.5 Å². The summed E-state index contributed by atoms with van der Waals surface area (Å²) in [6, 6.07) is 4.89. The normalized spacial score (nSPS) is 10.2. The maximum Gasteiger partial charge on any atom is 1.00 e. The van der Waals surface area contributed by atoms with E-state index in [0.29, 0.717) is 6.61 Å². The molecule has 0 saturated heterocycles. The second kappa shape index (κ2) is 11.2. The number of nitrogens with zero attached hydrogens (tertiary/aromatic N) is 1. The fourth-order valence-electron chi connectivity index (χ4n) is 1.04. The minimum absolute atomic E-state index is 0. The van der Waals surface area contributed by atoms with Gasteiger partial charge in [-0.2, -0.15) is 8.42 Å². The van der Waals surface area contributed by atoms with Gasteiger partial charge in [0.1, 0.15) is 0 Å². The molecule has 21 heavy (non-hydrogen) atoms. The molecule has 8 heteroatoms. The van der Waals surface area contributed by atoms with E-state index in [1.165, 1.54) is 12.1 Å². The zero-order valence-corrected chi connectivity index (χ0v) is 16.0. The van der Waals surface area contributed by atoms with Gasteiger partial charge in [0, 0.05) is 0 Å². The van der Waals surface area contributed by atoms with E-state index in [1.807, 2.05) is 33.0 Å². The Morgan fingerprint density at radius 3 is 2.00 bits per heavy atom. The summed E-state index contributed by atoms with van der Waals surface area (Å²) in [5.41, 5.74) is 0.251. The molecule has 1 aromatic rings. The number of carbonyl (C=O) groups is 1. The van der Waals surface area contributed by atoms with Crippen molar-refractivity contribution in [2.24, 2.45) is 0 Å². The maximum atomic E-state index is 11.3. The first-order chi connectivity index (χ1) is 9.18. The molecule has 0 heterocycles. The monoisotopic (exact) mass is 327 g/mol. The van der Waals surface area contributed by atoms with Gasteiger partial charge in [-0.05, 0) is 51.8 Å². The van der Waals surface area contributed by atoms with Crippen LogP contribution in [-0.4, -0.2) is 51.6 Å². The molecule has 0 spiro atoms. The predicted molar refractivity (Wildman–Crippen MR) is 77.6 cm³/mol. The van der Waals surface area contributed by atoms with Crippen molar-refractivity contribution in [3.63, 3.8) is 0 Å². The van der Waals surface area contributed by atoms with Crippen LogP contribution >= 0.6 is 0 Å². The molecule has 1 N–H and O–H groups in total. The van der Waals surface area contributed by atoms with Gasteiger partial charge in [0.05, 0.1) is 17.1 Å². The number of ether oxygens (including phenoxy) is 1. The van der Waals surface area contributed by atoms with Gasteiger partial charge in [-0.25, -0.2) is 4.79 Å². The number of hydrogen-bond donors (Lipinski definition) is 1. The third-order valence-electron chi connectivity index (χ3n) is 1.83. The number of rotatable bonds is 4. The van der Waals surface area contributed by atoms with E-state index in [9.17, 15) is 13.2 Å². The number of esters is 1. The molecule has 0 saturated carbocycles. The molecule has 1 aromatic carbocycles. The molecule has 0 unspecified atom stereocenters. The van der Waals surface area contributed by atoms with Crippen molar-refractivity contribution in [2.45, 2.75) is 18.2 Å². The van der Waals surface area contributed by atoms with Crippen molar-refractivity contribution >= 4 is 16.1 Å². The molecule has 0 aliphatic rings. The van der Waals surface area contributed by atoms with Crippen LogP contribution < -0.4 is 29.6 Å². The summed E-state index contributed by atoms with van der Waals surface area (Å²) in [6.07, 6.45) is 0.717. The zero-order valence-electron chi connectivity index (χ0n) is 14.2. The smallest absolute Gasteiger partial charge is 1.00 e. The predicted octanol–water partition coefficient (Wildman–Crippen LogP) is -1.21. The minimum Gasteiger partial charge on any atom is -1.00 e. The Balaban J connectivity index is -0.000000538. The number of hydrogen-bond acceptors (Lipinski definition) is 5. The second-order valence-corrected chi connectivity index (χ2v) is 5.90. The van der Waals surface area contributed by atoms with E-state index in [-0.39, 0.29) is 41.4 Å². The maximum absolute atomic E-state index is 11.3. The zero-order chi connectivity index (χ0) is 15.8. The molecular formula is C13H22NNaO5S. The molecule has 116 valence electrons. The molecule has 0 fully saturated rings. The molecule has 0 aromatic heterocycles. The summed E-state index contributed by atoms with van der Waals surface area (Å²) >= 11 is 0. The molecule has 0 atom stereocenters. The van der Waals surface area contributed by atoms with Crippen molar-refractivity contribution in [3.05, 3.63) is 29.8 Å². The Kier molecular flexibility index (Phi) is 12.1. The van der Waals surface area contributed by atoms with Gasteiger partial charge in [-0.15, -0.1) is 0 Å². The van der Waals surface area contributed by atoms with E-state index in [4.69, 9.17) is 9.29 Å². The van der Waals surface area contributed by atoms with Crippen molar-refractivity contribution in [1.29, 1.82) is 0 Å². The standard InChI is InChI=1S/C10H12O5S.C3H9N.Na.H/c1-2-7-15-10(11)8-3-5-9(6-4-8)16(12,13)14;1-4(2)3;;/h3-6H,2,7H2,1H3,(H,12,13,14);1-3H3;;/q;;+1;-1. The van der Waals surface area contributed by atoms with Gasteiger partial charge in [0.15, 0.2) is 0 Å². The van der Waals surface area contributed by atoms with Crippen LogP contribution in [0.4, 0.5) is 0 Å².